The number of halogens is 1. The molecule has 1 aromatic rings. The van der Waals surface area contributed by atoms with Crippen LogP contribution in [-0.4, -0.2) is 13.1 Å². The van der Waals surface area contributed by atoms with E-state index in [1.165, 1.54) is 25.5 Å². The molecule has 15 heavy (non-hydrogen) atoms. The molecular weight excluding hydrogens is 260 g/mol. The molecule has 0 unspecified atom stereocenters. The van der Waals surface area contributed by atoms with Crippen LogP contribution in [0.4, 0.5) is 0 Å². The van der Waals surface area contributed by atoms with Gasteiger partial charge in [0, 0.05) is 10.0 Å². The first-order valence-electron chi connectivity index (χ1n) is 4.85. The van der Waals surface area contributed by atoms with E-state index in [-0.39, 0.29) is 5.97 Å². The number of ether oxygens (including phenoxy) is 2. The number of hydrogen-bond donors (Lipinski definition) is 0. The third-order valence-electron chi connectivity index (χ3n) is 2.78. The van der Waals surface area contributed by atoms with Gasteiger partial charge in [-0.2, -0.15) is 0 Å². The largest absolute Gasteiger partial charge is 0.465 e. The maximum Gasteiger partial charge on any atom is 0.341 e. The van der Waals surface area contributed by atoms with Gasteiger partial charge in [0.15, 0.2) is 11.5 Å². The highest BCUT2D eigenvalue weighted by molar-refractivity contribution is 9.10. The molecule has 1 aliphatic heterocycles. The summed E-state index contributed by atoms with van der Waals surface area (Å²) in [4.78, 5) is 11.4. The van der Waals surface area contributed by atoms with Crippen LogP contribution in [0.25, 0.3) is 0 Å². The van der Waals surface area contributed by atoms with Crippen molar-refractivity contribution in [1.29, 1.82) is 0 Å². The van der Waals surface area contributed by atoms with Gasteiger partial charge in [-0.25, -0.2) is 4.79 Å². The molecule has 0 bridgehead atoms. The minimum Gasteiger partial charge on any atom is -0.465 e. The van der Waals surface area contributed by atoms with Crippen molar-refractivity contribution >= 4 is 21.9 Å². The van der Waals surface area contributed by atoms with Gasteiger partial charge in [-0.3, -0.25) is 0 Å². The first kappa shape index (κ1) is 9.21. The summed E-state index contributed by atoms with van der Waals surface area (Å²) in [5.41, 5.74) is 1.74. The van der Waals surface area contributed by atoms with Crippen LogP contribution in [-0.2, 0) is 4.74 Å². The Labute approximate surface area is 95.5 Å². The van der Waals surface area contributed by atoms with Crippen LogP contribution in [0, 0.1) is 0 Å². The fraction of sp³-hybridized carbons (Fsp3) is 0.364. The van der Waals surface area contributed by atoms with E-state index in [9.17, 15) is 4.79 Å². The zero-order valence-corrected chi connectivity index (χ0v) is 9.76. The van der Waals surface area contributed by atoms with E-state index in [4.69, 9.17) is 4.74 Å². The Morgan fingerprint density at radius 1 is 1.53 bits per heavy atom. The molecule has 0 N–H and O–H groups in total. The molecule has 0 spiro atoms. The average molecular weight is 269 g/mol. The Balaban J connectivity index is 2.08. The van der Waals surface area contributed by atoms with Gasteiger partial charge in [0.25, 0.3) is 0 Å². The number of methoxy groups -OCH3 is 1. The number of hydrogen-bond acceptors (Lipinski definition) is 3. The fourth-order valence-electron chi connectivity index (χ4n) is 1.82. The molecule has 0 aromatic heterocycles. The van der Waals surface area contributed by atoms with Crippen LogP contribution in [0.1, 0.15) is 34.7 Å². The Morgan fingerprint density at radius 3 is 2.87 bits per heavy atom. The average Bonchev–Trinajstić information content (AvgIpc) is 3.07. The number of fused-ring (bicyclic) bond motifs is 1. The molecule has 1 fully saturated rings. The van der Waals surface area contributed by atoms with Crippen molar-refractivity contribution in [3.63, 3.8) is 0 Å². The van der Waals surface area contributed by atoms with E-state index in [0.29, 0.717) is 17.2 Å². The van der Waals surface area contributed by atoms with E-state index in [1.807, 2.05) is 0 Å². The summed E-state index contributed by atoms with van der Waals surface area (Å²) in [6.45, 7) is 0. The number of benzene rings is 1. The molecule has 3 rings (SSSR count). The van der Waals surface area contributed by atoms with Crippen LogP contribution in [0.2, 0.25) is 0 Å². The predicted octanol–water partition coefficient (Wildman–Crippen LogP) is 3.22. The van der Waals surface area contributed by atoms with Crippen LogP contribution < -0.4 is 4.74 Å². The molecule has 0 saturated heterocycles. The SMILES string of the molecule is COC(=O)c1cc(Br)c(C2CC2)c2c1O2. The minimum absolute atomic E-state index is 0.341. The second kappa shape index (κ2) is 2.98. The van der Waals surface area contributed by atoms with E-state index in [1.54, 1.807) is 6.07 Å². The number of rotatable bonds is 2. The van der Waals surface area contributed by atoms with E-state index >= 15 is 0 Å². The Bertz CT molecular complexity index is 460. The van der Waals surface area contributed by atoms with Crippen LogP contribution in [0.15, 0.2) is 10.5 Å². The van der Waals surface area contributed by atoms with Crippen molar-refractivity contribution in [3.8, 4) is 11.5 Å². The third-order valence-corrected chi connectivity index (χ3v) is 3.43. The molecule has 3 nitrogen and oxygen atoms in total. The highest BCUT2D eigenvalue weighted by Crippen LogP contribution is 2.60. The standard InChI is InChI=1S/C11H9BrO3/c1-14-11(13)6-4-7(12)8(5-2-3-5)10-9(6)15-10/h4-5H,2-3H2,1H3. The fourth-order valence-corrected chi connectivity index (χ4v) is 2.56. The number of esters is 1. The van der Waals surface area contributed by atoms with Gasteiger partial charge >= 0.3 is 5.97 Å². The highest BCUT2D eigenvalue weighted by Gasteiger charge is 2.40. The van der Waals surface area contributed by atoms with E-state index in [2.05, 4.69) is 20.7 Å². The lowest BCUT2D eigenvalue weighted by Gasteiger charge is -2.00. The molecule has 0 atom stereocenters. The topological polar surface area (TPSA) is 38.8 Å². The summed E-state index contributed by atoms with van der Waals surface area (Å²) in [6, 6.07) is 1.80. The lowest BCUT2D eigenvalue weighted by Crippen LogP contribution is -1.99. The molecule has 78 valence electrons. The normalized spacial score (nSPS) is 16.7. The molecule has 1 saturated carbocycles. The molecule has 2 aliphatic rings. The molecule has 4 heteroatoms. The van der Waals surface area contributed by atoms with Crippen molar-refractivity contribution in [1.82, 2.24) is 0 Å². The predicted molar refractivity (Wildman–Crippen MR) is 57.5 cm³/mol. The van der Waals surface area contributed by atoms with Gasteiger partial charge in [0.05, 0.1) is 7.11 Å². The zero-order valence-electron chi connectivity index (χ0n) is 8.17. The Kier molecular flexibility index (Phi) is 1.83. The quantitative estimate of drug-likeness (QED) is 0.620. The molecule has 0 amide bonds. The minimum atomic E-state index is -0.341. The summed E-state index contributed by atoms with van der Waals surface area (Å²) in [5.74, 6) is 1.85. The summed E-state index contributed by atoms with van der Waals surface area (Å²) < 4.78 is 11.0. The van der Waals surface area contributed by atoms with Crippen molar-refractivity contribution in [2.24, 2.45) is 0 Å². The van der Waals surface area contributed by atoms with Gasteiger partial charge in [0.1, 0.15) is 5.56 Å². The summed E-state index contributed by atoms with van der Waals surface area (Å²) in [6.07, 6.45) is 2.43. The molecule has 1 aromatic carbocycles. The lowest BCUT2D eigenvalue weighted by molar-refractivity contribution is 0.0600. The molecular formula is C11H9BrO3. The maximum atomic E-state index is 11.4. The summed E-state index contributed by atoms with van der Waals surface area (Å²) >= 11 is 3.48. The number of carbonyl (C=O) groups excluding carboxylic acids is 1. The third kappa shape index (κ3) is 1.35. The van der Waals surface area contributed by atoms with Gasteiger partial charge in [0.2, 0.25) is 0 Å². The van der Waals surface area contributed by atoms with Crippen LogP contribution in [0.3, 0.4) is 0 Å². The van der Waals surface area contributed by atoms with Crippen LogP contribution >= 0.6 is 15.9 Å². The monoisotopic (exact) mass is 268 g/mol. The van der Waals surface area contributed by atoms with Gasteiger partial charge in [-0.1, -0.05) is 15.9 Å². The van der Waals surface area contributed by atoms with E-state index in [0.717, 1.165) is 10.2 Å². The zero-order chi connectivity index (χ0) is 10.6. The van der Waals surface area contributed by atoms with Gasteiger partial charge < -0.3 is 9.47 Å². The molecule has 0 radical (unpaired) electrons. The van der Waals surface area contributed by atoms with Crippen molar-refractivity contribution in [3.05, 3.63) is 21.7 Å². The van der Waals surface area contributed by atoms with Crippen molar-refractivity contribution in [2.45, 2.75) is 18.8 Å². The second-order valence-corrected chi connectivity index (χ2v) is 4.70. The van der Waals surface area contributed by atoms with E-state index < -0.39 is 0 Å². The smallest absolute Gasteiger partial charge is 0.341 e. The lowest BCUT2D eigenvalue weighted by atomic mass is 10.1. The summed E-state index contributed by atoms with van der Waals surface area (Å²) in [5, 5.41) is 0. The first-order valence-corrected chi connectivity index (χ1v) is 5.64. The van der Waals surface area contributed by atoms with Gasteiger partial charge in [-0.15, -0.1) is 0 Å². The Hall–Kier alpha value is -1.03. The highest BCUT2D eigenvalue weighted by atomic mass is 79.9. The Morgan fingerprint density at radius 2 is 2.27 bits per heavy atom. The first-order chi connectivity index (χ1) is 7.22. The summed E-state index contributed by atoms with van der Waals surface area (Å²) in [7, 11) is 1.37. The van der Waals surface area contributed by atoms with Crippen LogP contribution in [0.5, 0.6) is 11.5 Å². The molecule has 1 heterocycles. The van der Waals surface area contributed by atoms with Crippen molar-refractivity contribution < 1.29 is 14.3 Å². The second-order valence-electron chi connectivity index (χ2n) is 3.85. The molecule has 1 aliphatic carbocycles. The van der Waals surface area contributed by atoms with Gasteiger partial charge in [-0.05, 0) is 24.8 Å². The van der Waals surface area contributed by atoms with Crippen molar-refractivity contribution in [2.75, 3.05) is 7.11 Å². The maximum absolute atomic E-state index is 11.4. The number of carbonyl (C=O) groups is 1.